The minimum atomic E-state index is -0.198. The van der Waals surface area contributed by atoms with E-state index in [2.05, 4.69) is 11.6 Å². The van der Waals surface area contributed by atoms with Crippen molar-refractivity contribution in [2.24, 2.45) is 0 Å². The van der Waals surface area contributed by atoms with Crippen molar-refractivity contribution >= 4 is 10.9 Å². The summed E-state index contributed by atoms with van der Waals surface area (Å²) in [5, 5.41) is 1.09. The molecule has 1 N–H and O–H groups in total. The van der Waals surface area contributed by atoms with Crippen LogP contribution in [0.4, 0.5) is 4.39 Å². The Bertz CT molecular complexity index is 482. The number of hydrogen-bond donors (Lipinski definition) is 1. The van der Waals surface area contributed by atoms with E-state index in [1.165, 1.54) is 6.07 Å². The van der Waals surface area contributed by atoms with E-state index in [-0.39, 0.29) is 5.82 Å². The molecule has 0 aliphatic heterocycles. The Kier molecular flexibility index (Phi) is 2.12. The first-order valence-electron chi connectivity index (χ1n) is 4.59. The molecule has 0 unspecified atom stereocenters. The first-order valence-corrected chi connectivity index (χ1v) is 4.59. The van der Waals surface area contributed by atoms with E-state index in [4.69, 9.17) is 0 Å². The third kappa shape index (κ3) is 1.43. The average molecular weight is 189 g/mol. The molecule has 0 bridgehead atoms. The molecule has 0 aliphatic carbocycles. The second kappa shape index (κ2) is 3.29. The van der Waals surface area contributed by atoms with Crippen LogP contribution >= 0.6 is 0 Å². The Morgan fingerprint density at radius 3 is 2.93 bits per heavy atom. The second-order valence-corrected chi connectivity index (χ2v) is 3.47. The van der Waals surface area contributed by atoms with Crippen molar-refractivity contribution < 1.29 is 4.39 Å². The van der Waals surface area contributed by atoms with Gasteiger partial charge >= 0.3 is 0 Å². The van der Waals surface area contributed by atoms with E-state index in [0.717, 1.165) is 22.2 Å². The molecule has 14 heavy (non-hydrogen) atoms. The summed E-state index contributed by atoms with van der Waals surface area (Å²) in [6.07, 6.45) is 2.49. The van der Waals surface area contributed by atoms with Crippen molar-refractivity contribution in [3.05, 3.63) is 47.9 Å². The van der Waals surface area contributed by atoms with Crippen molar-refractivity contribution in [3.63, 3.8) is 0 Å². The topological polar surface area (TPSA) is 15.8 Å². The molecule has 1 nitrogen and oxygen atoms in total. The van der Waals surface area contributed by atoms with Gasteiger partial charge in [-0.15, -0.1) is 6.58 Å². The summed E-state index contributed by atoms with van der Waals surface area (Å²) < 4.78 is 13.2. The highest BCUT2D eigenvalue weighted by atomic mass is 19.1. The second-order valence-electron chi connectivity index (χ2n) is 3.47. The van der Waals surface area contributed by atoms with E-state index >= 15 is 0 Å². The van der Waals surface area contributed by atoms with Gasteiger partial charge in [0.15, 0.2) is 0 Å². The summed E-state index contributed by atoms with van der Waals surface area (Å²) in [6, 6.07) is 5.12. The normalized spacial score (nSPS) is 10.7. The Labute approximate surface area is 82.3 Å². The summed E-state index contributed by atoms with van der Waals surface area (Å²) in [7, 11) is 0. The third-order valence-electron chi connectivity index (χ3n) is 2.29. The smallest absolute Gasteiger partial charge is 0.125 e. The van der Waals surface area contributed by atoms with Gasteiger partial charge in [0, 0.05) is 16.6 Å². The molecule has 0 fully saturated rings. The molecule has 0 radical (unpaired) electrons. The molecule has 0 saturated heterocycles. The SMILES string of the molecule is C=CCc1cc(F)cc2[nH]c(C)cc12. The lowest BCUT2D eigenvalue weighted by molar-refractivity contribution is 0.628. The van der Waals surface area contributed by atoms with Crippen LogP contribution in [-0.2, 0) is 6.42 Å². The number of halogens is 1. The van der Waals surface area contributed by atoms with Gasteiger partial charge in [-0.05, 0) is 37.1 Å². The maximum Gasteiger partial charge on any atom is 0.125 e. The van der Waals surface area contributed by atoms with Crippen LogP contribution in [0.5, 0.6) is 0 Å². The highest BCUT2D eigenvalue weighted by molar-refractivity contribution is 5.84. The number of aryl methyl sites for hydroxylation is 1. The van der Waals surface area contributed by atoms with Crippen LogP contribution in [0.15, 0.2) is 30.9 Å². The molecule has 1 aromatic heterocycles. The van der Waals surface area contributed by atoms with Crippen LogP contribution in [0.3, 0.4) is 0 Å². The van der Waals surface area contributed by atoms with Crippen LogP contribution < -0.4 is 0 Å². The number of benzene rings is 1. The Balaban J connectivity index is 2.72. The predicted molar refractivity (Wildman–Crippen MR) is 56.9 cm³/mol. The minimum Gasteiger partial charge on any atom is -0.359 e. The molecule has 1 aromatic carbocycles. The first kappa shape index (κ1) is 9.00. The van der Waals surface area contributed by atoms with Crippen LogP contribution in [0, 0.1) is 12.7 Å². The fourth-order valence-corrected chi connectivity index (χ4v) is 1.74. The minimum absolute atomic E-state index is 0.198. The summed E-state index contributed by atoms with van der Waals surface area (Å²) >= 11 is 0. The zero-order valence-electron chi connectivity index (χ0n) is 8.10. The predicted octanol–water partition coefficient (Wildman–Crippen LogP) is 3.34. The Morgan fingerprint density at radius 2 is 2.21 bits per heavy atom. The van der Waals surface area contributed by atoms with E-state index in [0.29, 0.717) is 6.42 Å². The lowest BCUT2D eigenvalue weighted by Crippen LogP contribution is -1.85. The molecule has 0 atom stereocenters. The van der Waals surface area contributed by atoms with Crippen molar-refractivity contribution in [1.29, 1.82) is 0 Å². The highest BCUT2D eigenvalue weighted by Crippen LogP contribution is 2.22. The number of nitrogens with one attached hydrogen (secondary N) is 1. The lowest BCUT2D eigenvalue weighted by Gasteiger charge is -1.99. The van der Waals surface area contributed by atoms with Crippen molar-refractivity contribution in [3.8, 4) is 0 Å². The zero-order valence-corrected chi connectivity index (χ0v) is 8.10. The molecule has 0 amide bonds. The summed E-state index contributed by atoms with van der Waals surface area (Å²) in [6.45, 7) is 5.63. The molecular formula is C12H12FN. The van der Waals surface area contributed by atoms with Gasteiger partial charge in [0.1, 0.15) is 5.82 Å². The molecule has 0 spiro atoms. The number of rotatable bonds is 2. The van der Waals surface area contributed by atoms with Crippen LogP contribution in [0.2, 0.25) is 0 Å². The van der Waals surface area contributed by atoms with Gasteiger partial charge in [-0.25, -0.2) is 4.39 Å². The van der Waals surface area contributed by atoms with E-state index in [9.17, 15) is 4.39 Å². The van der Waals surface area contributed by atoms with E-state index in [1.54, 1.807) is 12.1 Å². The molecule has 0 aliphatic rings. The van der Waals surface area contributed by atoms with Crippen LogP contribution in [-0.4, -0.2) is 4.98 Å². The van der Waals surface area contributed by atoms with E-state index in [1.807, 2.05) is 13.0 Å². The maximum atomic E-state index is 13.2. The lowest BCUT2D eigenvalue weighted by atomic mass is 10.1. The molecular weight excluding hydrogens is 177 g/mol. The highest BCUT2D eigenvalue weighted by Gasteiger charge is 2.05. The first-order chi connectivity index (χ1) is 6.70. The number of allylic oxidation sites excluding steroid dienone is 1. The molecule has 2 aromatic rings. The number of aromatic nitrogens is 1. The monoisotopic (exact) mass is 189 g/mol. The maximum absolute atomic E-state index is 13.2. The van der Waals surface area contributed by atoms with Crippen molar-refractivity contribution in [2.45, 2.75) is 13.3 Å². The molecule has 1 heterocycles. The van der Waals surface area contributed by atoms with Gasteiger partial charge in [0.2, 0.25) is 0 Å². The van der Waals surface area contributed by atoms with Crippen molar-refractivity contribution in [1.82, 2.24) is 4.98 Å². The summed E-state index contributed by atoms with van der Waals surface area (Å²) in [4.78, 5) is 3.12. The molecule has 2 heteroatoms. The van der Waals surface area contributed by atoms with Crippen LogP contribution in [0.25, 0.3) is 10.9 Å². The third-order valence-corrected chi connectivity index (χ3v) is 2.29. The molecule has 0 saturated carbocycles. The van der Waals surface area contributed by atoms with Gasteiger partial charge in [-0.1, -0.05) is 6.08 Å². The number of hydrogen-bond acceptors (Lipinski definition) is 0. The van der Waals surface area contributed by atoms with Gasteiger partial charge in [-0.3, -0.25) is 0 Å². The van der Waals surface area contributed by atoms with Crippen molar-refractivity contribution in [2.75, 3.05) is 0 Å². The average Bonchev–Trinajstić information content (AvgIpc) is 2.45. The summed E-state index contributed by atoms with van der Waals surface area (Å²) in [5.41, 5.74) is 2.90. The fourth-order valence-electron chi connectivity index (χ4n) is 1.74. The number of H-pyrrole nitrogens is 1. The standard InChI is InChI=1S/C12H12FN/c1-3-4-9-6-10(13)7-12-11(9)5-8(2)14-12/h3,5-7,14H,1,4H2,2H3. The Hall–Kier alpha value is -1.57. The number of aromatic amines is 1. The van der Waals surface area contributed by atoms with Gasteiger partial charge < -0.3 is 4.98 Å². The zero-order chi connectivity index (χ0) is 10.1. The Morgan fingerprint density at radius 1 is 1.43 bits per heavy atom. The molecule has 2 rings (SSSR count). The quantitative estimate of drug-likeness (QED) is 0.697. The largest absolute Gasteiger partial charge is 0.359 e. The molecule has 72 valence electrons. The fraction of sp³-hybridized carbons (Fsp3) is 0.167. The van der Waals surface area contributed by atoms with Gasteiger partial charge in [0.25, 0.3) is 0 Å². The van der Waals surface area contributed by atoms with E-state index < -0.39 is 0 Å². The van der Waals surface area contributed by atoms with Crippen LogP contribution in [0.1, 0.15) is 11.3 Å². The van der Waals surface area contributed by atoms with Gasteiger partial charge in [-0.2, -0.15) is 0 Å². The number of fused-ring (bicyclic) bond motifs is 1. The van der Waals surface area contributed by atoms with Gasteiger partial charge in [0.05, 0.1) is 0 Å². The summed E-state index contributed by atoms with van der Waals surface area (Å²) in [5.74, 6) is -0.198.